The minimum atomic E-state index is -4.00. The van der Waals surface area contributed by atoms with E-state index in [0.29, 0.717) is 10.7 Å². The molecule has 0 aliphatic heterocycles. The van der Waals surface area contributed by atoms with Crippen LogP contribution < -0.4 is 10.0 Å². The molecule has 3 aromatic carbocycles. The molecule has 0 bridgehead atoms. The Morgan fingerprint density at radius 3 is 2.28 bits per heavy atom. The summed E-state index contributed by atoms with van der Waals surface area (Å²) in [6.07, 6.45) is 0. The van der Waals surface area contributed by atoms with E-state index in [9.17, 15) is 17.6 Å². The number of sulfonamides is 1. The molecule has 3 aromatic rings. The maximum Gasteiger partial charge on any atom is 0.261 e. The maximum absolute atomic E-state index is 14.5. The molecule has 29 heavy (non-hydrogen) atoms. The number of rotatable bonds is 5. The average Bonchev–Trinajstić information content (AvgIpc) is 2.65. The van der Waals surface area contributed by atoms with Crippen LogP contribution in [0.25, 0.3) is 0 Å². The number of carbonyl (C=O) groups excluding carboxylic acids is 1. The van der Waals surface area contributed by atoms with Gasteiger partial charge in [0.25, 0.3) is 15.9 Å². The van der Waals surface area contributed by atoms with Crippen LogP contribution in [0, 0.1) is 9.39 Å². The second kappa shape index (κ2) is 8.86. The van der Waals surface area contributed by atoms with Crippen molar-refractivity contribution in [2.75, 3.05) is 10.0 Å². The lowest BCUT2D eigenvalue weighted by atomic mass is 10.2. The maximum atomic E-state index is 14.5. The number of carbonyl (C=O) groups is 1. The van der Waals surface area contributed by atoms with E-state index in [0.717, 1.165) is 9.64 Å². The number of amides is 1. The Morgan fingerprint density at radius 1 is 0.966 bits per heavy atom. The van der Waals surface area contributed by atoms with E-state index in [1.165, 1.54) is 30.3 Å². The molecule has 2 N–H and O–H groups in total. The van der Waals surface area contributed by atoms with Crippen LogP contribution in [0.1, 0.15) is 10.4 Å². The van der Waals surface area contributed by atoms with Crippen LogP contribution in [0.5, 0.6) is 0 Å². The normalized spacial score (nSPS) is 11.2. The summed E-state index contributed by atoms with van der Waals surface area (Å²) in [5.74, 6) is -1.56. The Hall–Kier alpha value is -1.88. The van der Waals surface area contributed by atoms with Gasteiger partial charge in [0.15, 0.2) is 0 Å². The Kier molecular flexibility index (Phi) is 6.67. The third kappa shape index (κ3) is 5.39. The van der Waals surface area contributed by atoms with Crippen LogP contribution in [0.3, 0.4) is 0 Å². The first-order chi connectivity index (χ1) is 13.7. The highest BCUT2D eigenvalue weighted by molar-refractivity contribution is 14.1. The number of hydrogen-bond donors (Lipinski definition) is 2. The zero-order valence-corrected chi connectivity index (χ0v) is 18.9. The van der Waals surface area contributed by atoms with Crippen molar-refractivity contribution >= 4 is 73.1 Å². The molecule has 0 radical (unpaired) electrons. The van der Waals surface area contributed by atoms with Gasteiger partial charge in [0.2, 0.25) is 0 Å². The lowest BCUT2D eigenvalue weighted by Gasteiger charge is -2.11. The molecule has 0 saturated carbocycles. The van der Waals surface area contributed by atoms with Crippen molar-refractivity contribution < 1.29 is 17.6 Å². The van der Waals surface area contributed by atoms with Gasteiger partial charge in [-0.2, -0.15) is 0 Å². The van der Waals surface area contributed by atoms with Crippen LogP contribution in [0.15, 0.2) is 65.6 Å². The molecule has 1 amide bonds. The Balaban J connectivity index is 1.80. The molecule has 3 rings (SSSR count). The van der Waals surface area contributed by atoms with Crippen molar-refractivity contribution in [3.8, 4) is 0 Å². The van der Waals surface area contributed by atoms with Gasteiger partial charge >= 0.3 is 0 Å². The summed E-state index contributed by atoms with van der Waals surface area (Å²) >= 11 is 13.9. The molecule has 0 aromatic heterocycles. The quantitative estimate of drug-likeness (QED) is 0.385. The number of nitrogens with one attached hydrogen (secondary N) is 2. The lowest BCUT2D eigenvalue weighted by Crippen LogP contribution is -2.15. The van der Waals surface area contributed by atoms with E-state index in [1.54, 1.807) is 24.3 Å². The van der Waals surface area contributed by atoms with Crippen LogP contribution in [0.4, 0.5) is 15.8 Å². The molecule has 0 spiro atoms. The molecule has 0 atom stereocenters. The summed E-state index contributed by atoms with van der Waals surface area (Å²) in [7, 11) is -4.00. The fourth-order valence-corrected chi connectivity index (χ4v) is 4.28. The van der Waals surface area contributed by atoms with Crippen LogP contribution in [0.2, 0.25) is 10.0 Å². The van der Waals surface area contributed by atoms with Crippen LogP contribution >= 0.6 is 45.8 Å². The highest BCUT2D eigenvalue weighted by Gasteiger charge is 2.18. The van der Waals surface area contributed by atoms with Gasteiger partial charge in [0.1, 0.15) is 5.82 Å². The minimum absolute atomic E-state index is 0.104. The first kappa shape index (κ1) is 21.8. The number of anilines is 2. The zero-order chi connectivity index (χ0) is 21.2. The third-order valence-corrected chi connectivity index (χ3v) is 6.42. The van der Waals surface area contributed by atoms with Gasteiger partial charge in [-0.1, -0.05) is 23.2 Å². The largest absolute Gasteiger partial charge is 0.319 e. The second-order valence-electron chi connectivity index (χ2n) is 5.83. The van der Waals surface area contributed by atoms with Gasteiger partial charge in [-0.3, -0.25) is 9.52 Å². The first-order valence-corrected chi connectivity index (χ1v) is 11.3. The highest BCUT2D eigenvalue weighted by atomic mass is 127. The Labute approximate surface area is 190 Å². The van der Waals surface area contributed by atoms with Crippen molar-refractivity contribution in [2.45, 2.75) is 4.90 Å². The summed E-state index contributed by atoms with van der Waals surface area (Å²) in [6.45, 7) is 0. The van der Waals surface area contributed by atoms with E-state index in [-0.39, 0.29) is 21.2 Å². The predicted octanol–water partition coefficient (Wildman–Crippen LogP) is 5.79. The monoisotopic (exact) mass is 564 g/mol. The molecule has 10 heteroatoms. The van der Waals surface area contributed by atoms with Crippen molar-refractivity contribution in [3.05, 3.63) is 85.7 Å². The SMILES string of the molecule is O=C(Nc1ccc(S(=O)(=O)Nc2ccc(I)cc2)cc1F)c1ccc(Cl)cc1Cl. The molecular weight excluding hydrogens is 553 g/mol. The first-order valence-electron chi connectivity index (χ1n) is 8.00. The van der Waals surface area contributed by atoms with E-state index < -0.39 is 21.7 Å². The summed E-state index contributed by atoms with van der Waals surface area (Å²) in [5, 5.41) is 2.83. The van der Waals surface area contributed by atoms with Gasteiger partial charge in [0, 0.05) is 14.3 Å². The Morgan fingerprint density at radius 2 is 1.66 bits per heavy atom. The summed E-state index contributed by atoms with van der Waals surface area (Å²) < 4.78 is 42.7. The highest BCUT2D eigenvalue weighted by Crippen LogP contribution is 2.25. The molecule has 0 fully saturated rings. The van der Waals surface area contributed by atoms with E-state index in [2.05, 4.69) is 32.6 Å². The second-order valence-corrected chi connectivity index (χ2v) is 9.60. The molecular formula is C19H12Cl2FIN2O3S. The fourth-order valence-electron chi connectivity index (χ4n) is 2.36. The summed E-state index contributed by atoms with van der Waals surface area (Å²) in [6, 6.07) is 14.1. The number of benzene rings is 3. The molecule has 0 saturated heterocycles. The molecule has 0 heterocycles. The van der Waals surface area contributed by atoms with E-state index in [4.69, 9.17) is 23.2 Å². The topological polar surface area (TPSA) is 75.3 Å². The standard InChI is InChI=1S/C19H12Cl2FIN2O3S/c20-11-1-7-15(16(21)9-11)19(26)24-18-8-6-14(10-17(18)22)29(27,28)25-13-4-2-12(23)3-5-13/h1-10,25H,(H,24,26). The van der Waals surface area contributed by atoms with Crippen molar-refractivity contribution in [1.82, 2.24) is 0 Å². The molecule has 0 aliphatic rings. The Bertz CT molecular complexity index is 1190. The van der Waals surface area contributed by atoms with Gasteiger partial charge < -0.3 is 5.32 Å². The van der Waals surface area contributed by atoms with Crippen LogP contribution in [-0.4, -0.2) is 14.3 Å². The molecule has 150 valence electrons. The van der Waals surface area contributed by atoms with Gasteiger partial charge in [-0.15, -0.1) is 0 Å². The van der Waals surface area contributed by atoms with E-state index >= 15 is 0 Å². The minimum Gasteiger partial charge on any atom is -0.319 e. The fraction of sp³-hybridized carbons (Fsp3) is 0. The number of halogens is 4. The summed E-state index contributed by atoms with van der Waals surface area (Å²) in [5.41, 5.74) is 0.266. The van der Waals surface area contributed by atoms with Gasteiger partial charge in [-0.25, -0.2) is 12.8 Å². The number of hydrogen-bond acceptors (Lipinski definition) is 3. The molecule has 0 unspecified atom stereocenters. The van der Waals surface area contributed by atoms with Crippen molar-refractivity contribution in [3.63, 3.8) is 0 Å². The van der Waals surface area contributed by atoms with E-state index in [1.807, 2.05) is 0 Å². The molecule has 5 nitrogen and oxygen atoms in total. The smallest absolute Gasteiger partial charge is 0.261 e. The predicted molar refractivity (Wildman–Crippen MR) is 121 cm³/mol. The average molecular weight is 565 g/mol. The van der Waals surface area contributed by atoms with Gasteiger partial charge in [-0.05, 0) is 83.3 Å². The van der Waals surface area contributed by atoms with Crippen molar-refractivity contribution in [1.29, 1.82) is 0 Å². The van der Waals surface area contributed by atoms with Crippen LogP contribution in [-0.2, 0) is 10.0 Å². The van der Waals surface area contributed by atoms with Gasteiger partial charge in [0.05, 0.1) is 21.2 Å². The lowest BCUT2D eigenvalue weighted by molar-refractivity contribution is 0.102. The van der Waals surface area contributed by atoms with Crippen molar-refractivity contribution in [2.24, 2.45) is 0 Å². The third-order valence-electron chi connectivity index (χ3n) is 3.77. The zero-order valence-electron chi connectivity index (χ0n) is 14.4. The summed E-state index contributed by atoms with van der Waals surface area (Å²) in [4.78, 5) is 12.0. The molecule has 0 aliphatic carbocycles.